The number of carbonyl (C=O) groups excluding carboxylic acids is 1. The number of methoxy groups -OCH3 is 1. The van der Waals surface area contributed by atoms with E-state index in [1.807, 2.05) is 30.3 Å². The molecule has 0 saturated heterocycles. The quantitative estimate of drug-likeness (QED) is 0.722. The smallest absolute Gasteiger partial charge is 0.315 e. The number of amides is 2. The van der Waals surface area contributed by atoms with Crippen LogP contribution in [0.1, 0.15) is 24.1 Å². The van der Waals surface area contributed by atoms with Crippen LogP contribution in [0.15, 0.2) is 54.6 Å². The van der Waals surface area contributed by atoms with Gasteiger partial charge in [-0.05, 0) is 30.2 Å². The zero-order chi connectivity index (χ0) is 18.3. The Balaban J connectivity index is 1.95. The molecule has 2 amide bonds. The number of aliphatic hydroxyl groups is 1. The molecule has 0 aromatic heterocycles. The summed E-state index contributed by atoms with van der Waals surface area (Å²) in [5.74, 6) is -0.379. The highest BCUT2D eigenvalue weighted by atomic mass is 19.1. The maximum absolute atomic E-state index is 13.0. The van der Waals surface area contributed by atoms with Crippen molar-refractivity contribution in [3.05, 3.63) is 71.5 Å². The number of hydrogen-bond acceptors (Lipinski definition) is 3. The zero-order valence-corrected chi connectivity index (χ0v) is 14.3. The van der Waals surface area contributed by atoms with E-state index in [2.05, 4.69) is 10.6 Å². The second-order valence-electron chi connectivity index (χ2n) is 6.03. The van der Waals surface area contributed by atoms with Crippen LogP contribution in [0.5, 0.6) is 0 Å². The van der Waals surface area contributed by atoms with Crippen molar-refractivity contribution >= 4 is 6.03 Å². The van der Waals surface area contributed by atoms with Crippen molar-refractivity contribution in [1.82, 2.24) is 10.6 Å². The first-order valence-corrected chi connectivity index (χ1v) is 7.99. The van der Waals surface area contributed by atoms with Gasteiger partial charge >= 0.3 is 6.03 Å². The molecule has 25 heavy (non-hydrogen) atoms. The van der Waals surface area contributed by atoms with E-state index in [0.717, 1.165) is 5.56 Å². The lowest BCUT2D eigenvalue weighted by molar-refractivity contribution is 0.0590. The number of nitrogens with one attached hydrogen (secondary N) is 2. The highest BCUT2D eigenvalue weighted by Crippen LogP contribution is 2.20. The van der Waals surface area contributed by atoms with Gasteiger partial charge in [-0.25, -0.2) is 9.18 Å². The van der Waals surface area contributed by atoms with E-state index in [9.17, 15) is 14.3 Å². The predicted molar refractivity (Wildman–Crippen MR) is 93.6 cm³/mol. The summed E-state index contributed by atoms with van der Waals surface area (Å²) in [6.07, 6.45) is 0. The lowest BCUT2D eigenvalue weighted by Crippen LogP contribution is -2.45. The van der Waals surface area contributed by atoms with Gasteiger partial charge in [0.05, 0.1) is 19.2 Å². The van der Waals surface area contributed by atoms with Gasteiger partial charge in [0.2, 0.25) is 0 Å². The molecule has 0 spiro atoms. The Bertz CT molecular complexity index is 675. The van der Waals surface area contributed by atoms with Crippen molar-refractivity contribution in [3.8, 4) is 0 Å². The molecule has 0 fully saturated rings. The number of carbonyl (C=O) groups is 1. The van der Waals surface area contributed by atoms with Crippen molar-refractivity contribution in [3.63, 3.8) is 0 Å². The molecular weight excluding hydrogens is 323 g/mol. The third-order valence-electron chi connectivity index (χ3n) is 3.90. The molecule has 0 aliphatic carbocycles. The number of benzene rings is 2. The molecule has 6 heteroatoms. The van der Waals surface area contributed by atoms with E-state index in [1.54, 1.807) is 14.0 Å². The minimum Gasteiger partial charge on any atom is -0.384 e. The minimum atomic E-state index is -1.31. The van der Waals surface area contributed by atoms with Gasteiger partial charge in [-0.15, -0.1) is 0 Å². The van der Waals surface area contributed by atoms with Crippen molar-refractivity contribution in [1.29, 1.82) is 0 Å². The van der Waals surface area contributed by atoms with Gasteiger partial charge < -0.3 is 20.5 Å². The number of urea groups is 1. The molecule has 2 atom stereocenters. The van der Waals surface area contributed by atoms with Crippen LogP contribution in [0.2, 0.25) is 0 Å². The predicted octanol–water partition coefficient (Wildman–Crippen LogP) is 2.72. The van der Waals surface area contributed by atoms with Crippen molar-refractivity contribution in [2.24, 2.45) is 0 Å². The first-order chi connectivity index (χ1) is 11.9. The highest BCUT2D eigenvalue weighted by Gasteiger charge is 2.24. The molecule has 2 unspecified atom stereocenters. The molecule has 3 N–H and O–H groups in total. The zero-order valence-electron chi connectivity index (χ0n) is 14.3. The van der Waals surface area contributed by atoms with Crippen LogP contribution in [0.3, 0.4) is 0 Å². The summed E-state index contributed by atoms with van der Waals surface area (Å²) in [6, 6.07) is 14.3. The van der Waals surface area contributed by atoms with Gasteiger partial charge in [-0.1, -0.05) is 42.5 Å². The maximum atomic E-state index is 13.0. The Labute approximate surface area is 146 Å². The molecule has 2 rings (SSSR count). The average molecular weight is 346 g/mol. The Morgan fingerprint density at radius 2 is 1.84 bits per heavy atom. The number of halogens is 1. The molecule has 0 heterocycles. The van der Waals surface area contributed by atoms with Crippen molar-refractivity contribution in [2.75, 3.05) is 20.3 Å². The highest BCUT2D eigenvalue weighted by molar-refractivity contribution is 5.74. The summed E-state index contributed by atoms with van der Waals surface area (Å²) in [6.45, 7) is 1.87. The summed E-state index contributed by atoms with van der Waals surface area (Å²) in [5.41, 5.74) is 0.129. The Kier molecular flexibility index (Phi) is 6.50. The second-order valence-corrected chi connectivity index (χ2v) is 6.03. The molecule has 0 aliphatic rings. The third kappa shape index (κ3) is 5.55. The van der Waals surface area contributed by atoms with Crippen molar-refractivity contribution < 1.29 is 19.0 Å². The lowest BCUT2D eigenvalue weighted by atomic mass is 9.96. The minimum absolute atomic E-state index is 0.0149. The van der Waals surface area contributed by atoms with Crippen LogP contribution in [-0.4, -0.2) is 31.4 Å². The fraction of sp³-hybridized carbons (Fsp3) is 0.316. The Hall–Kier alpha value is -2.44. The summed E-state index contributed by atoms with van der Waals surface area (Å²) in [5, 5.41) is 16.0. The van der Waals surface area contributed by atoms with Gasteiger partial charge in [0, 0.05) is 7.11 Å². The van der Waals surface area contributed by atoms with Crippen LogP contribution in [-0.2, 0) is 10.3 Å². The number of ether oxygens (including phenoxy) is 1. The number of rotatable bonds is 7. The van der Waals surface area contributed by atoms with E-state index >= 15 is 0 Å². The first-order valence-electron chi connectivity index (χ1n) is 7.99. The van der Waals surface area contributed by atoms with Gasteiger partial charge in [0.25, 0.3) is 0 Å². The molecule has 134 valence electrons. The SMILES string of the molecule is COCC(NC(=O)NCC(C)(O)c1ccc(F)cc1)c1ccccc1. The summed E-state index contributed by atoms with van der Waals surface area (Å²) in [4.78, 5) is 12.2. The topological polar surface area (TPSA) is 70.6 Å². The van der Waals surface area contributed by atoms with E-state index in [-0.39, 0.29) is 18.4 Å². The summed E-state index contributed by atoms with van der Waals surface area (Å²) >= 11 is 0. The first kappa shape index (κ1) is 18.9. The average Bonchev–Trinajstić information content (AvgIpc) is 2.61. The lowest BCUT2D eigenvalue weighted by Gasteiger charge is -2.25. The van der Waals surface area contributed by atoms with E-state index < -0.39 is 11.6 Å². The van der Waals surface area contributed by atoms with Crippen LogP contribution >= 0.6 is 0 Å². The fourth-order valence-electron chi connectivity index (χ4n) is 2.45. The normalized spacial score (nSPS) is 14.4. The van der Waals surface area contributed by atoms with E-state index in [1.165, 1.54) is 24.3 Å². The van der Waals surface area contributed by atoms with E-state index in [4.69, 9.17) is 4.74 Å². The monoisotopic (exact) mass is 346 g/mol. The van der Waals surface area contributed by atoms with E-state index in [0.29, 0.717) is 12.2 Å². The number of hydrogen-bond donors (Lipinski definition) is 3. The Morgan fingerprint density at radius 1 is 1.20 bits per heavy atom. The van der Waals surface area contributed by atoms with Gasteiger partial charge in [-0.2, -0.15) is 0 Å². The summed E-state index contributed by atoms with van der Waals surface area (Å²) in [7, 11) is 1.56. The van der Waals surface area contributed by atoms with Crippen LogP contribution < -0.4 is 10.6 Å². The molecule has 0 aliphatic heterocycles. The van der Waals surface area contributed by atoms with Gasteiger partial charge in [-0.3, -0.25) is 0 Å². The van der Waals surface area contributed by atoms with Gasteiger partial charge in [0.1, 0.15) is 11.4 Å². The molecule has 0 saturated carbocycles. The standard InChI is InChI=1S/C19H23FN2O3/c1-19(24,15-8-10-16(20)11-9-15)13-21-18(23)22-17(12-25-2)14-6-4-3-5-7-14/h3-11,17,24H,12-13H2,1-2H3,(H2,21,22,23). The molecule has 2 aromatic carbocycles. The van der Waals surface area contributed by atoms with Crippen LogP contribution in [0.25, 0.3) is 0 Å². The van der Waals surface area contributed by atoms with Gasteiger partial charge in [0.15, 0.2) is 0 Å². The molecule has 2 aromatic rings. The third-order valence-corrected chi connectivity index (χ3v) is 3.90. The molecule has 0 bridgehead atoms. The molecular formula is C19H23FN2O3. The summed E-state index contributed by atoms with van der Waals surface area (Å²) < 4.78 is 18.2. The second kappa shape index (κ2) is 8.60. The fourth-order valence-corrected chi connectivity index (χ4v) is 2.45. The van der Waals surface area contributed by atoms with Crippen LogP contribution in [0.4, 0.5) is 9.18 Å². The maximum Gasteiger partial charge on any atom is 0.315 e. The Morgan fingerprint density at radius 3 is 2.44 bits per heavy atom. The largest absolute Gasteiger partial charge is 0.384 e. The van der Waals surface area contributed by atoms with Crippen molar-refractivity contribution in [2.45, 2.75) is 18.6 Å². The molecule has 5 nitrogen and oxygen atoms in total. The van der Waals surface area contributed by atoms with Crippen LogP contribution in [0, 0.1) is 5.82 Å². The molecule has 0 radical (unpaired) electrons.